The first-order valence-electron chi connectivity index (χ1n) is 3.78. The first-order chi connectivity index (χ1) is 5.77. The lowest BCUT2D eigenvalue weighted by Crippen LogP contribution is -2.48. The van der Waals surface area contributed by atoms with Crippen LogP contribution in [0.4, 0.5) is 13.2 Å². The number of halogens is 3. The van der Waals surface area contributed by atoms with Crippen LogP contribution in [-0.4, -0.2) is 28.0 Å². The topological polar surface area (TPSA) is 57.5 Å². The average molecular weight is 198 g/mol. The molecule has 0 aliphatic heterocycles. The fourth-order valence-electron chi connectivity index (χ4n) is 1.27. The van der Waals surface area contributed by atoms with Gasteiger partial charge in [0.1, 0.15) is 0 Å². The minimum absolute atomic E-state index is 0.239. The van der Waals surface area contributed by atoms with Crippen LogP contribution >= 0.6 is 0 Å². The molecule has 76 valence electrons. The number of aliphatic carboxylic acids is 1. The number of alkyl halides is 3. The van der Waals surface area contributed by atoms with Gasteiger partial charge in [-0.2, -0.15) is 13.2 Å². The van der Waals surface area contributed by atoms with Crippen LogP contribution in [0.25, 0.3) is 0 Å². The van der Waals surface area contributed by atoms with Gasteiger partial charge in [-0.15, -0.1) is 0 Å². The summed E-state index contributed by atoms with van der Waals surface area (Å²) >= 11 is 0. The van der Waals surface area contributed by atoms with E-state index in [2.05, 4.69) is 0 Å². The van der Waals surface area contributed by atoms with E-state index in [1.54, 1.807) is 0 Å². The van der Waals surface area contributed by atoms with E-state index >= 15 is 0 Å². The molecule has 6 heteroatoms. The number of hydrogen-bond donors (Lipinski definition) is 2. The summed E-state index contributed by atoms with van der Waals surface area (Å²) in [4.78, 5) is 10.1. The third-order valence-electron chi connectivity index (χ3n) is 2.16. The molecule has 13 heavy (non-hydrogen) atoms. The van der Waals surface area contributed by atoms with Gasteiger partial charge in [-0.3, -0.25) is 4.79 Å². The first kappa shape index (κ1) is 10.3. The molecule has 1 saturated carbocycles. The second kappa shape index (κ2) is 2.87. The normalized spacial score (nSPS) is 22.5. The van der Waals surface area contributed by atoms with E-state index in [0.29, 0.717) is 0 Å². The lowest BCUT2D eigenvalue weighted by Gasteiger charge is -2.28. The van der Waals surface area contributed by atoms with E-state index < -0.39 is 30.1 Å². The van der Waals surface area contributed by atoms with Crippen LogP contribution in [0, 0.1) is 5.92 Å². The number of carbonyl (C=O) groups is 1. The minimum atomic E-state index is -4.85. The summed E-state index contributed by atoms with van der Waals surface area (Å²) in [6, 6.07) is 0. The van der Waals surface area contributed by atoms with Gasteiger partial charge in [-0.05, 0) is 18.8 Å². The van der Waals surface area contributed by atoms with E-state index in [1.807, 2.05) is 0 Å². The van der Waals surface area contributed by atoms with Crippen molar-refractivity contribution in [3.05, 3.63) is 0 Å². The Morgan fingerprint density at radius 2 is 1.85 bits per heavy atom. The molecule has 2 N–H and O–H groups in total. The predicted octanol–water partition coefficient (Wildman–Crippen LogP) is 1.16. The van der Waals surface area contributed by atoms with E-state index in [-0.39, 0.29) is 12.8 Å². The molecule has 1 aliphatic rings. The van der Waals surface area contributed by atoms with Gasteiger partial charge in [0.05, 0.1) is 6.42 Å². The SMILES string of the molecule is O=C(O)CC(O)(C1CC1)C(F)(F)F. The Labute approximate surface area is 72.2 Å². The molecular formula is C7H9F3O3. The summed E-state index contributed by atoms with van der Waals surface area (Å²) < 4.78 is 36.7. The highest BCUT2D eigenvalue weighted by molar-refractivity contribution is 5.68. The van der Waals surface area contributed by atoms with Crippen molar-refractivity contribution in [2.75, 3.05) is 0 Å². The number of aliphatic hydroxyl groups is 1. The Morgan fingerprint density at radius 3 is 2.08 bits per heavy atom. The fourth-order valence-corrected chi connectivity index (χ4v) is 1.27. The number of carboxylic acid groups (broad SMARTS) is 1. The number of rotatable bonds is 3. The molecule has 0 radical (unpaired) electrons. The van der Waals surface area contributed by atoms with E-state index in [9.17, 15) is 18.0 Å². The van der Waals surface area contributed by atoms with E-state index in [1.165, 1.54) is 0 Å². The Morgan fingerprint density at radius 1 is 1.38 bits per heavy atom. The van der Waals surface area contributed by atoms with Gasteiger partial charge < -0.3 is 10.2 Å². The average Bonchev–Trinajstić information content (AvgIpc) is 2.62. The smallest absolute Gasteiger partial charge is 0.418 e. The number of hydrogen-bond acceptors (Lipinski definition) is 2. The number of carboxylic acids is 1. The zero-order valence-corrected chi connectivity index (χ0v) is 6.64. The van der Waals surface area contributed by atoms with Crippen molar-refractivity contribution in [1.82, 2.24) is 0 Å². The molecule has 0 heterocycles. The second-order valence-electron chi connectivity index (χ2n) is 3.27. The Balaban J connectivity index is 2.80. The summed E-state index contributed by atoms with van der Waals surface area (Å²) in [5.41, 5.74) is -3.03. The molecule has 0 aromatic heterocycles. The molecule has 1 unspecified atom stereocenters. The molecule has 3 nitrogen and oxygen atoms in total. The van der Waals surface area contributed by atoms with Gasteiger partial charge >= 0.3 is 12.1 Å². The third kappa shape index (κ3) is 1.93. The van der Waals surface area contributed by atoms with Crippen LogP contribution in [-0.2, 0) is 4.79 Å². The molecule has 0 saturated heterocycles. The van der Waals surface area contributed by atoms with Gasteiger partial charge in [0, 0.05) is 0 Å². The van der Waals surface area contributed by atoms with Crippen molar-refractivity contribution in [1.29, 1.82) is 0 Å². The molecule has 1 atom stereocenters. The van der Waals surface area contributed by atoms with Crippen LogP contribution < -0.4 is 0 Å². The molecular weight excluding hydrogens is 189 g/mol. The van der Waals surface area contributed by atoms with Gasteiger partial charge in [-0.25, -0.2) is 0 Å². The monoisotopic (exact) mass is 198 g/mol. The van der Waals surface area contributed by atoms with Gasteiger partial charge in [0.15, 0.2) is 5.60 Å². The van der Waals surface area contributed by atoms with Crippen LogP contribution in [0.5, 0.6) is 0 Å². The van der Waals surface area contributed by atoms with Crippen LogP contribution in [0.3, 0.4) is 0 Å². The summed E-state index contributed by atoms with van der Waals surface area (Å²) in [5, 5.41) is 17.4. The Bertz CT molecular complexity index is 222. The van der Waals surface area contributed by atoms with Crippen LogP contribution in [0.1, 0.15) is 19.3 Å². The molecule has 0 aromatic rings. The Kier molecular flexibility index (Phi) is 2.27. The molecule has 0 spiro atoms. The lowest BCUT2D eigenvalue weighted by molar-refractivity contribution is -0.270. The molecule has 0 bridgehead atoms. The van der Waals surface area contributed by atoms with Crippen molar-refractivity contribution in [3.63, 3.8) is 0 Å². The highest BCUT2D eigenvalue weighted by atomic mass is 19.4. The van der Waals surface area contributed by atoms with Crippen LogP contribution in [0.2, 0.25) is 0 Å². The molecule has 1 aliphatic carbocycles. The highest BCUT2D eigenvalue weighted by Gasteiger charge is 2.62. The molecule has 1 fully saturated rings. The minimum Gasteiger partial charge on any atom is -0.481 e. The predicted molar refractivity (Wildman–Crippen MR) is 36.0 cm³/mol. The van der Waals surface area contributed by atoms with Crippen LogP contribution in [0.15, 0.2) is 0 Å². The third-order valence-corrected chi connectivity index (χ3v) is 2.16. The summed E-state index contributed by atoms with van der Waals surface area (Å²) in [7, 11) is 0. The van der Waals surface area contributed by atoms with Gasteiger partial charge in [0.25, 0.3) is 0 Å². The van der Waals surface area contributed by atoms with Crippen molar-refractivity contribution < 1.29 is 28.2 Å². The second-order valence-corrected chi connectivity index (χ2v) is 3.27. The summed E-state index contributed by atoms with van der Waals surface area (Å²) in [6.45, 7) is 0. The lowest BCUT2D eigenvalue weighted by atomic mass is 9.93. The standard InChI is InChI=1S/C7H9F3O3/c8-7(9,10)6(13,3-5(11)12)4-1-2-4/h4,13H,1-3H2,(H,11,12). The highest BCUT2D eigenvalue weighted by Crippen LogP contribution is 2.49. The van der Waals surface area contributed by atoms with Crippen molar-refractivity contribution in [2.24, 2.45) is 5.92 Å². The zero-order chi connectivity index (χ0) is 10.3. The van der Waals surface area contributed by atoms with E-state index in [4.69, 9.17) is 10.2 Å². The largest absolute Gasteiger partial charge is 0.481 e. The maximum Gasteiger partial charge on any atom is 0.418 e. The van der Waals surface area contributed by atoms with Crippen molar-refractivity contribution >= 4 is 5.97 Å². The first-order valence-corrected chi connectivity index (χ1v) is 3.78. The van der Waals surface area contributed by atoms with Gasteiger partial charge in [0.2, 0.25) is 0 Å². The quantitative estimate of drug-likeness (QED) is 0.715. The Hall–Kier alpha value is -0.780. The summed E-state index contributed by atoms with van der Waals surface area (Å²) in [5.74, 6) is -2.57. The van der Waals surface area contributed by atoms with Crippen molar-refractivity contribution in [2.45, 2.75) is 31.0 Å². The molecule has 0 amide bonds. The molecule has 1 rings (SSSR count). The van der Waals surface area contributed by atoms with E-state index in [0.717, 1.165) is 0 Å². The maximum atomic E-state index is 12.2. The van der Waals surface area contributed by atoms with Crippen molar-refractivity contribution in [3.8, 4) is 0 Å². The maximum absolute atomic E-state index is 12.2. The van der Waals surface area contributed by atoms with Gasteiger partial charge in [-0.1, -0.05) is 0 Å². The fraction of sp³-hybridized carbons (Fsp3) is 0.857. The summed E-state index contributed by atoms with van der Waals surface area (Å²) in [6.07, 6.45) is -5.64. The zero-order valence-electron chi connectivity index (χ0n) is 6.64. The molecule has 0 aromatic carbocycles.